The summed E-state index contributed by atoms with van der Waals surface area (Å²) in [5.74, 6) is 2.02. The number of aryl methyl sites for hydroxylation is 2. The van der Waals surface area contributed by atoms with E-state index in [4.69, 9.17) is 23.3 Å². The fraction of sp³-hybridized carbons (Fsp3) is 0.0152. The first-order valence-corrected chi connectivity index (χ1v) is 48.6. The van der Waals surface area contributed by atoms with Gasteiger partial charge in [0.05, 0.1) is 72.4 Å². The van der Waals surface area contributed by atoms with Gasteiger partial charge in [-0.2, -0.15) is 24.3 Å². The van der Waals surface area contributed by atoms with Gasteiger partial charge in [-0.05, 0) is 213 Å². The molecule has 0 aliphatic heterocycles. The molecule has 0 aliphatic carbocycles. The van der Waals surface area contributed by atoms with Gasteiger partial charge in [0.2, 0.25) is 11.4 Å². The molecular formula is C132H82N10O4Pt2-4. The van der Waals surface area contributed by atoms with E-state index in [2.05, 4.69) is 419 Å². The number of fused-ring (bicyclic) bond motifs is 14. The minimum atomic E-state index is 0. The predicted molar refractivity (Wildman–Crippen MR) is 583 cm³/mol. The molecule has 0 spiro atoms. The standard InChI is InChI=1S/C72H46N4O2.C60H36N6O2.2Pt/c1-48-35-36-64-65-45-61(46-66(67-32-16-17-37-73-67)71(65)78-72(64)74-48)77-60-29-18-28-59(44-60)75-47-76(69-34-15-14-33-68(69)75)70-62(57-40-53(49-20-6-2-7-21-49)38-54(41-57)50-22-8-3-9-23-50)30-19-31-63(70)58-42-55(51-24-10-4-11-25-51)39-56(43-58)52-26-12-5-13-27-52;1-38-31-32-46-47-35-41(36-48(49-22-12-13-33-61-49)59(47)68-60(46)62-38)67-40-17-14-16-39(34-40)63-37-64(55-28-11-10-27-54(55)63)58-56(65-50-23-6-2-18-42(50)43-19-3-7-24-51(43)65)29-15-30-57(58)66-52-25-8-4-20-44(52)45-21-5-9-26-53(45)66;;/h2-43,45H,1H3;2-33,35H,1H3;;/q2*-2;;. The van der Waals surface area contributed by atoms with Gasteiger partial charge in [0.25, 0.3) is 12.7 Å². The zero-order chi connectivity index (χ0) is 96.8. The molecule has 0 fully saturated rings. The van der Waals surface area contributed by atoms with E-state index in [1.165, 1.54) is 21.5 Å². The molecule has 148 heavy (non-hydrogen) atoms. The molecule has 14 nitrogen and oxygen atoms in total. The van der Waals surface area contributed by atoms with E-state index < -0.39 is 0 Å². The second-order valence-corrected chi connectivity index (χ2v) is 36.4. The molecule has 16 heteroatoms. The molecule has 0 N–H and O–H groups in total. The third-order valence-electron chi connectivity index (χ3n) is 27.4. The summed E-state index contributed by atoms with van der Waals surface area (Å²) in [4.78, 5) is 18.7. The number of imidazole rings is 2. The Bertz CT molecular complexity index is 9500. The average molecular weight is 2260 g/mol. The Morgan fingerprint density at radius 1 is 0.257 bits per heavy atom. The van der Waals surface area contributed by atoms with Crippen LogP contribution in [0.4, 0.5) is 0 Å². The van der Waals surface area contributed by atoms with Crippen LogP contribution in [0.5, 0.6) is 23.0 Å². The van der Waals surface area contributed by atoms with Crippen LogP contribution in [0, 0.1) is 50.8 Å². The number of hydrogen-bond donors (Lipinski definition) is 0. The van der Waals surface area contributed by atoms with Crippen LogP contribution in [-0.4, -0.2) is 38.2 Å². The summed E-state index contributed by atoms with van der Waals surface area (Å²) in [6, 6.07) is 171. The Labute approximate surface area is 880 Å². The zero-order valence-electron chi connectivity index (χ0n) is 79.6. The van der Waals surface area contributed by atoms with Crippen LogP contribution in [-0.2, 0) is 42.1 Å². The zero-order valence-corrected chi connectivity index (χ0v) is 84.2. The number of para-hydroxylation sites is 10. The van der Waals surface area contributed by atoms with Crippen LogP contribution in [0.1, 0.15) is 11.4 Å². The molecule has 10 aromatic heterocycles. The van der Waals surface area contributed by atoms with E-state index in [1.54, 1.807) is 12.4 Å². The number of furan rings is 2. The van der Waals surface area contributed by atoms with Gasteiger partial charge in [-0.25, -0.2) is 9.97 Å². The summed E-state index contributed by atoms with van der Waals surface area (Å²) >= 11 is 0. The normalized spacial score (nSPS) is 11.5. The molecule has 0 aliphatic rings. The maximum absolute atomic E-state index is 6.77. The van der Waals surface area contributed by atoms with Crippen molar-refractivity contribution in [1.29, 1.82) is 0 Å². The van der Waals surface area contributed by atoms with Crippen molar-refractivity contribution in [1.82, 2.24) is 38.2 Å². The summed E-state index contributed by atoms with van der Waals surface area (Å²) in [5, 5.41) is 8.26. The number of pyridine rings is 4. The molecule has 0 saturated carbocycles. The molecule has 28 aromatic rings. The van der Waals surface area contributed by atoms with Crippen molar-refractivity contribution in [2.45, 2.75) is 13.8 Å². The molecule has 708 valence electrons. The number of benzene rings is 18. The Morgan fingerprint density at radius 2 is 0.588 bits per heavy atom. The molecule has 0 unspecified atom stereocenters. The molecule has 10 heterocycles. The van der Waals surface area contributed by atoms with Gasteiger partial charge in [0.15, 0.2) is 0 Å². The van der Waals surface area contributed by atoms with Crippen molar-refractivity contribution in [2.24, 2.45) is 0 Å². The number of ether oxygens (including phenoxy) is 2. The van der Waals surface area contributed by atoms with Crippen molar-refractivity contribution in [3.05, 3.63) is 510 Å². The molecule has 0 radical (unpaired) electrons. The SMILES string of the molecule is Cc1ccc2c(n1)oc1c(-c3ccccn3)[c-]c(Oc3[c-]c(-n4[c-][n+](-c5c(-c6cc(-c7ccccc7)cc(-c7ccccc7)c6)cccc5-c5cc(-c6ccccc6)cc(-c6ccccc6)c5)c5ccccc54)ccc3)cc12.Cc1ccc2c(n1)oc1c(-c3ccccn3)[c-]c(Oc3[c-]c(-n4[c-][n+](-c5c(-n6c7ccccc7c7ccccc76)cccc5-n5c6ccccc6c6ccccc65)c5ccccc54)ccc3)cc12.[Pt].[Pt]. The fourth-order valence-corrected chi connectivity index (χ4v) is 20.8. The van der Waals surface area contributed by atoms with Crippen LogP contribution in [0.15, 0.2) is 470 Å². The minimum Gasteiger partial charge on any atom is -0.503 e. The molecule has 0 saturated heterocycles. The third kappa shape index (κ3) is 16.4. The number of hydrogen-bond acceptors (Lipinski definition) is 8. The minimum absolute atomic E-state index is 0. The Kier molecular flexibility index (Phi) is 23.6. The second kappa shape index (κ2) is 38.4. The van der Waals surface area contributed by atoms with E-state index >= 15 is 0 Å². The number of nitrogens with zero attached hydrogens (tertiary/aromatic N) is 10. The number of aromatic nitrogens is 10. The van der Waals surface area contributed by atoms with Gasteiger partial charge >= 0.3 is 0 Å². The average Bonchev–Trinajstić information content (AvgIpc) is 1.56. The van der Waals surface area contributed by atoms with Crippen LogP contribution in [0.3, 0.4) is 0 Å². The van der Waals surface area contributed by atoms with Crippen LogP contribution in [0.2, 0.25) is 0 Å². The first-order valence-electron chi connectivity index (χ1n) is 48.6. The molecule has 0 bridgehead atoms. The fourth-order valence-electron chi connectivity index (χ4n) is 20.8. The van der Waals surface area contributed by atoms with Gasteiger partial charge in [0, 0.05) is 121 Å². The van der Waals surface area contributed by atoms with Crippen molar-refractivity contribution in [2.75, 3.05) is 0 Å². The van der Waals surface area contributed by atoms with Gasteiger partial charge in [-0.15, -0.1) is 24.3 Å². The predicted octanol–water partition coefficient (Wildman–Crippen LogP) is 31.7. The van der Waals surface area contributed by atoms with E-state index in [-0.39, 0.29) is 42.1 Å². The molecule has 18 aromatic carbocycles. The Hall–Kier alpha value is -18.3. The van der Waals surface area contributed by atoms with Gasteiger partial charge in [-0.1, -0.05) is 337 Å². The first-order chi connectivity index (χ1) is 72.2. The van der Waals surface area contributed by atoms with Crippen molar-refractivity contribution in [3.8, 4) is 146 Å². The van der Waals surface area contributed by atoms with E-state index in [1.807, 2.05) is 123 Å². The van der Waals surface area contributed by atoms with Crippen molar-refractivity contribution < 1.29 is 69.6 Å². The molecule has 0 atom stereocenters. The van der Waals surface area contributed by atoms with E-state index in [0.717, 1.165) is 184 Å². The maximum Gasteiger partial charge on any atom is 0.268 e. The number of rotatable bonds is 18. The third-order valence-corrected chi connectivity index (χ3v) is 27.4. The topological polar surface area (TPSA) is 124 Å². The van der Waals surface area contributed by atoms with Crippen LogP contribution < -0.4 is 18.6 Å². The van der Waals surface area contributed by atoms with Gasteiger partial charge < -0.3 is 46.5 Å². The monoisotopic (exact) mass is 2260 g/mol. The Balaban J connectivity index is 0.000000153. The van der Waals surface area contributed by atoms with Crippen molar-refractivity contribution in [3.63, 3.8) is 0 Å². The largest absolute Gasteiger partial charge is 0.503 e. The van der Waals surface area contributed by atoms with E-state index in [0.29, 0.717) is 62.4 Å². The molecular weight excluding hydrogens is 2180 g/mol. The Morgan fingerprint density at radius 3 is 0.966 bits per heavy atom. The first kappa shape index (κ1) is 90.9. The quantitative estimate of drug-likeness (QED) is 0.0615. The summed E-state index contributed by atoms with van der Waals surface area (Å²) in [6.45, 7) is 3.91. The summed E-state index contributed by atoms with van der Waals surface area (Å²) in [7, 11) is 0. The smallest absolute Gasteiger partial charge is 0.268 e. The second-order valence-electron chi connectivity index (χ2n) is 36.4. The van der Waals surface area contributed by atoms with E-state index in [9.17, 15) is 0 Å². The van der Waals surface area contributed by atoms with Crippen molar-refractivity contribution >= 4 is 110 Å². The van der Waals surface area contributed by atoms with Crippen LogP contribution >= 0.6 is 0 Å². The summed E-state index contributed by atoms with van der Waals surface area (Å²) in [6.07, 6.45) is 11.3. The van der Waals surface area contributed by atoms with Crippen LogP contribution in [0.25, 0.3) is 233 Å². The maximum atomic E-state index is 6.77. The summed E-state index contributed by atoms with van der Waals surface area (Å²) < 4.78 is 39.7. The molecule has 28 rings (SSSR count). The molecule has 0 amide bonds. The van der Waals surface area contributed by atoms with Gasteiger partial charge in [-0.3, -0.25) is 9.13 Å². The summed E-state index contributed by atoms with van der Waals surface area (Å²) in [5.41, 5.74) is 34.0. The van der Waals surface area contributed by atoms with Gasteiger partial charge in [0.1, 0.15) is 5.69 Å².